The molecule has 2 nitrogen and oxygen atoms in total. The van der Waals surface area contributed by atoms with Crippen molar-refractivity contribution in [2.24, 2.45) is 0 Å². The fourth-order valence-electron chi connectivity index (χ4n) is 3.32. The quantitative estimate of drug-likeness (QED) is 0.776. The summed E-state index contributed by atoms with van der Waals surface area (Å²) in [6, 6.07) is 2.37. The lowest BCUT2D eigenvalue weighted by atomic mass is 10.0. The molecule has 16 heavy (non-hydrogen) atoms. The zero-order chi connectivity index (χ0) is 11.4. The van der Waals surface area contributed by atoms with Crippen LogP contribution < -0.4 is 5.32 Å². The van der Waals surface area contributed by atoms with Gasteiger partial charge in [0.05, 0.1) is 0 Å². The lowest BCUT2D eigenvalue weighted by Crippen LogP contribution is -2.46. The van der Waals surface area contributed by atoms with Gasteiger partial charge in [0.15, 0.2) is 0 Å². The molecule has 0 spiro atoms. The molecule has 2 fully saturated rings. The van der Waals surface area contributed by atoms with E-state index in [4.69, 9.17) is 0 Å². The zero-order valence-corrected chi connectivity index (χ0v) is 11.0. The second kappa shape index (κ2) is 6.02. The molecule has 1 saturated carbocycles. The molecule has 2 unspecified atom stereocenters. The first-order valence-electron chi connectivity index (χ1n) is 7.29. The highest BCUT2D eigenvalue weighted by molar-refractivity contribution is 4.83. The van der Waals surface area contributed by atoms with E-state index in [1.165, 1.54) is 58.0 Å². The van der Waals surface area contributed by atoms with Crippen molar-refractivity contribution in [2.45, 2.75) is 76.9 Å². The Labute approximate surface area is 101 Å². The summed E-state index contributed by atoms with van der Waals surface area (Å²) in [6.45, 7) is 7.30. The van der Waals surface area contributed by atoms with E-state index in [1.54, 1.807) is 0 Å². The molecule has 1 N–H and O–H groups in total. The number of nitrogens with one attached hydrogen (secondary N) is 1. The molecule has 2 aliphatic rings. The van der Waals surface area contributed by atoms with Crippen LogP contribution >= 0.6 is 0 Å². The molecule has 94 valence electrons. The zero-order valence-electron chi connectivity index (χ0n) is 11.0. The van der Waals surface area contributed by atoms with Crippen molar-refractivity contribution < 1.29 is 0 Å². The SMILES string of the molecule is CCC1CCN(C2CCCC2)CCC(C)N1. The van der Waals surface area contributed by atoms with Crippen LogP contribution in [0.3, 0.4) is 0 Å². The Balaban J connectivity index is 1.88. The van der Waals surface area contributed by atoms with Crippen molar-refractivity contribution in [3.63, 3.8) is 0 Å². The highest BCUT2D eigenvalue weighted by Crippen LogP contribution is 2.25. The van der Waals surface area contributed by atoms with E-state index in [0.29, 0.717) is 6.04 Å². The maximum atomic E-state index is 3.75. The monoisotopic (exact) mass is 224 g/mol. The van der Waals surface area contributed by atoms with E-state index in [0.717, 1.165) is 12.1 Å². The largest absolute Gasteiger partial charge is 0.311 e. The summed E-state index contributed by atoms with van der Waals surface area (Å²) in [4.78, 5) is 2.78. The second-order valence-electron chi connectivity index (χ2n) is 5.72. The molecule has 0 bridgehead atoms. The van der Waals surface area contributed by atoms with Crippen LogP contribution in [0.25, 0.3) is 0 Å². The molecule has 0 radical (unpaired) electrons. The van der Waals surface area contributed by atoms with Gasteiger partial charge < -0.3 is 10.2 Å². The van der Waals surface area contributed by atoms with Gasteiger partial charge in [-0.15, -0.1) is 0 Å². The van der Waals surface area contributed by atoms with Gasteiger partial charge in [-0.25, -0.2) is 0 Å². The van der Waals surface area contributed by atoms with Crippen molar-refractivity contribution >= 4 is 0 Å². The fourth-order valence-corrected chi connectivity index (χ4v) is 3.32. The van der Waals surface area contributed by atoms with Gasteiger partial charge in [-0.2, -0.15) is 0 Å². The molecule has 1 aliphatic carbocycles. The van der Waals surface area contributed by atoms with Crippen molar-refractivity contribution in [1.82, 2.24) is 10.2 Å². The summed E-state index contributed by atoms with van der Waals surface area (Å²) in [5.74, 6) is 0. The molecule has 0 aromatic rings. The van der Waals surface area contributed by atoms with Crippen LogP contribution in [0.2, 0.25) is 0 Å². The summed E-state index contributed by atoms with van der Waals surface area (Å²) < 4.78 is 0. The molecule has 1 heterocycles. The van der Waals surface area contributed by atoms with Crippen molar-refractivity contribution in [3.05, 3.63) is 0 Å². The van der Waals surface area contributed by atoms with Crippen LogP contribution in [0.1, 0.15) is 58.8 Å². The summed E-state index contributed by atoms with van der Waals surface area (Å²) in [7, 11) is 0. The third-order valence-corrected chi connectivity index (χ3v) is 4.47. The van der Waals surface area contributed by atoms with E-state index in [1.807, 2.05) is 0 Å². The van der Waals surface area contributed by atoms with Gasteiger partial charge in [0.2, 0.25) is 0 Å². The Morgan fingerprint density at radius 1 is 1.06 bits per heavy atom. The average Bonchev–Trinajstić information content (AvgIpc) is 2.77. The highest BCUT2D eigenvalue weighted by Gasteiger charge is 2.25. The van der Waals surface area contributed by atoms with Crippen LogP contribution in [0.15, 0.2) is 0 Å². The maximum Gasteiger partial charge on any atom is 0.00952 e. The third-order valence-electron chi connectivity index (χ3n) is 4.47. The Morgan fingerprint density at radius 3 is 2.44 bits per heavy atom. The predicted molar refractivity (Wildman–Crippen MR) is 69.7 cm³/mol. The maximum absolute atomic E-state index is 3.75. The molecule has 1 aliphatic heterocycles. The van der Waals surface area contributed by atoms with Crippen LogP contribution in [0.5, 0.6) is 0 Å². The van der Waals surface area contributed by atoms with Crippen molar-refractivity contribution in [1.29, 1.82) is 0 Å². The summed E-state index contributed by atoms with van der Waals surface area (Å²) in [5, 5.41) is 3.75. The van der Waals surface area contributed by atoms with Crippen LogP contribution in [-0.2, 0) is 0 Å². The molecular formula is C14H28N2. The van der Waals surface area contributed by atoms with Gasteiger partial charge in [0.1, 0.15) is 0 Å². The summed E-state index contributed by atoms with van der Waals surface area (Å²) >= 11 is 0. The van der Waals surface area contributed by atoms with Crippen LogP contribution in [-0.4, -0.2) is 36.1 Å². The van der Waals surface area contributed by atoms with Gasteiger partial charge in [-0.05, 0) is 52.1 Å². The van der Waals surface area contributed by atoms with Gasteiger partial charge in [0, 0.05) is 18.1 Å². The minimum atomic E-state index is 0.703. The highest BCUT2D eigenvalue weighted by atomic mass is 15.2. The summed E-state index contributed by atoms with van der Waals surface area (Å²) in [5.41, 5.74) is 0. The molecule has 1 saturated heterocycles. The Kier molecular flexibility index (Phi) is 4.66. The molecule has 0 aromatic heterocycles. The Hall–Kier alpha value is -0.0800. The smallest absolute Gasteiger partial charge is 0.00952 e. The molecule has 2 atom stereocenters. The lowest BCUT2D eigenvalue weighted by Gasteiger charge is -2.35. The van der Waals surface area contributed by atoms with Crippen LogP contribution in [0, 0.1) is 0 Å². The molecule has 0 aromatic carbocycles. The standard InChI is InChI=1S/C14H28N2/c1-3-13-9-11-16(10-8-12(2)15-13)14-6-4-5-7-14/h12-15H,3-11H2,1-2H3. The first-order valence-corrected chi connectivity index (χ1v) is 7.29. The Morgan fingerprint density at radius 2 is 1.75 bits per heavy atom. The minimum absolute atomic E-state index is 0.703. The van der Waals surface area contributed by atoms with Gasteiger partial charge in [0.25, 0.3) is 0 Å². The van der Waals surface area contributed by atoms with Gasteiger partial charge >= 0.3 is 0 Å². The number of hydrogen-bond acceptors (Lipinski definition) is 2. The third kappa shape index (κ3) is 3.21. The summed E-state index contributed by atoms with van der Waals surface area (Å²) in [6.07, 6.45) is 9.79. The van der Waals surface area contributed by atoms with Gasteiger partial charge in [-0.1, -0.05) is 19.8 Å². The number of hydrogen-bond donors (Lipinski definition) is 1. The van der Waals surface area contributed by atoms with E-state index in [2.05, 4.69) is 24.1 Å². The van der Waals surface area contributed by atoms with E-state index in [-0.39, 0.29) is 0 Å². The normalized spacial score (nSPS) is 34.9. The van der Waals surface area contributed by atoms with Crippen molar-refractivity contribution in [2.75, 3.05) is 13.1 Å². The Bertz CT molecular complexity index is 199. The molecule has 0 amide bonds. The fraction of sp³-hybridized carbons (Fsp3) is 1.00. The van der Waals surface area contributed by atoms with E-state index < -0.39 is 0 Å². The number of rotatable bonds is 2. The van der Waals surface area contributed by atoms with Crippen molar-refractivity contribution in [3.8, 4) is 0 Å². The average molecular weight is 224 g/mol. The van der Waals surface area contributed by atoms with E-state index >= 15 is 0 Å². The van der Waals surface area contributed by atoms with Crippen LogP contribution in [0.4, 0.5) is 0 Å². The predicted octanol–water partition coefficient (Wildman–Crippen LogP) is 2.78. The topological polar surface area (TPSA) is 15.3 Å². The molecular weight excluding hydrogens is 196 g/mol. The molecule has 2 heteroatoms. The molecule has 2 rings (SSSR count). The lowest BCUT2D eigenvalue weighted by molar-refractivity contribution is 0.160. The first kappa shape index (κ1) is 12.4. The second-order valence-corrected chi connectivity index (χ2v) is 5.72. The van der Waals surface area contributed by atoms with Gasteiger partial charge in [-0.3, -0.25) is 0 Å². The first-order chi connectivity index (χ1) is 7.79. The van der Waals surface area contributed by atoms with E-state index in [9.17, 15) is 0 Å². The number of nitrogens with zero attached hydrogens (tertiary/aromatic N) is 1. The minimum Gasteiger partial charge on any atom is -0.311 e.